The minimum absolute atomic E-state index is 0.0439. The molecule has 0 spiro atoms. The van der Waals surface area contributed by atoms with Gasteiger partial charge in [-0.05, 0) is 29.3 Å². The smallest absolute Gasteiger partial charge is 0.194 e. The molecule has 0 saturated carbocycles. The van der Waals surface area contributed by atoms with E-state index >= 15 is 0 Å². The van der Waals surface area contributed by atoms with Gasteiger partial charge in [-0.2, -0.15) is 16.4 Å². The lowest BCUT2D eigenvalue weighted by Crippen LogP contribution is -2.48. The van der Waals surface area contributed by atoms with E-state index in [1.54, 1.807) is 11.3 Å². The Morgan fingerprint density at radius 1 is 1.57 bits per heavy atom. The number of aromatic nitrogens is 2. The van der Waals surface area contributed by atoms with E-state index < -0.39 is 0 Å². The van der Waals surface area contributed by atoms with E-state index in [4.69, 9.17) is 9.73 Å². The van der Waals surface area contributed by atoms with E-state index in [1.807, 2.05) is 24.1 Å². The van der Waals surface area contributed by atoms with Crippen LogP contribution < -0.4 is 5.32 Å². The first-order chi connectivity index (χ1) is 11.3. The number of morpholine rings is 1. The van der Waals surface area contributed by atoms with Gasteiger partial charge in [0.25, 0.3) is 0 Å². The van der Waals surface area contributed by atoms with E-state index in [2.05, 4.69) is 39.1 Å². The number of ether oxygens (including phenoxy) is 1. The Kier molecular flexibility index (Phi) is 5.30. The van der Waals surface area contributed by atoms with Crippen molar-refractivity contribution in [2.45, 2.75) is 19.6 Å². The van der Waals surface area contributed by atoms with Crippen LogP contribution in [-0.2, 0) is 18.3 Å². The Balaban J connectivity index is 1.69. The quantitative estimate of drug-likeness (QED) is 0.687. The lowest BCUT2D eigenvalue weighted by molar-refractivity contribution is -0.00805. The number of guanidine groups is 1. The van der Waals surface area contributed by atoms with Gasteiger partial charge in [0.1, 0.15) is 6.10 Å². The fourth-order valence-electron chi connectivity index (χ4n) is 2.62. The first-order valence-electron chi connectivity index (χ1n) is 7.90. The van der Waals surface area contributed by atoms with Crippen molar-refractivity contribution >= 4 is 17.3 Å². The highest BCUT2D eigenvalue weighted by Crippen LogP contribution is 2.21. The van der Waals surface area contributed by atoms with E-state index in [1.165, 1.54) is 5.56 Å². The maximum absolute atomic E-state index is 5.91. The molecular formula is C16H23N5OS. The molecule has 1 saturated heterocycles. The molecule has 0 radical (unpaired) electrons. The molecule has 1 aliphatic rings. The molecule has 3 heterocycles. The van der Waals surface area contributed by atoms with Gasteiger partial charge in [0, 0.05) is 31.9 Å². The van der Waals surface area contributed by atoms with Crippen LogP contribution in [0, 0.1) is 0 Å². The number of hydrogen-bond donors (Lipinski definition) is 1. The topological polar surface area (TPSA) is 54.7 Å². The van der Waals surface area contributed by atoms with Crippen LogP contribution in [0.1, 0.15) is 24.2 Å². The standard InChI is InChI=1S/C16H23N5OS/c1-3-17-16(18-8-13-4-7-23-12-13)21-5-6-22-15(11-21)14-9-19-20(2)10-14/h4,7,9-10,12,15H,3,5-6,8,11H2,1-2H3,(H,17,18). The molecule has 1 atom stereocenters. The van der Waals surface area contributed by atoms with E-state index in [0.717, 1.165) is 31.2 Å². The third kappa shape index (κ3) is 4.11. The minimum Gasteiger partial charge on any atom is -0.370 e. The summed E-state index contributed by atoms with van der Waals surface area (Å²) in [5.74, 6) is 0.955. The van der Waals surface area contributed by atoms with Crippen molar-refractivity contribution in [2.75, 3.05) is 26.2 Å². The second-order valence-electron chi connectivity index (χ2n) is 5.55. The summed E-state index contributed by atoms with van der Waals surface area (Å²) in [5.41, 5.74) is 2.37. The van der Waals surface area contributed by atoms with Crippen LogP contribution in [0.25, 0.3) is 0 Å². The van der Waals surface area contributed by atoms with Crippen LogP contribution in [0.4, 0.5) is 0 Å². The normalized spacial score (nSPS) is 19.1. The zero-order chi connectivity index (χ0) is 16.1. The SMILES string of the molecule is CCNC(=NCc1ccsc1)N1CCOC(c2cnn(C)c2)C1. The molecule has 2 aromatic heterocycles. The molecule has 23 heavy (non-hydrogen) atoms. The number of aryl methyl sites for hydroxylation is 1. The third-order valence-electron chi connectivity index (χ3n) is 3.79. The van der Waals surface area contributed by atoms with Crippen molar-refractivity contribution in [2.24, 2.45) is 12.0 Å². The largest absolute Gasteiger partial charge is 0.370 e. The zero-order valence-corrected chi connectivity index (χ0v) is 14.4. The highest BCUT2D eigenvalue weighted by Gasteiger charge is 2.25. The van der Waals surface area contributed by atoms with Gasteiger partial charge < -0.3 is 15.0 Å². The number of nitrogens with one attached hydrogen (secondary N) is 1. The van der Waals surface area contributed by atoms with Crippen molar-refractivity contribution in [1.82, 2.24) is 20.0 Å². The summed E-state index contributed by atoms with van der Waals surface area (Å²) in [6.45, 7) is 6.01. The molecule has 124 valence electrons. The summed E-state index contributed by atoms with van der Waals surface area (Å²) in [4.78, 5) is 7.05. The predicted octanol–water partition coefficient (Wildman–Crippen LogP) is 2.02. The predicted molar refractivity (Wildman–Crippen MR) is 92.6 cm³/mol. The van der Waals surface area contributed by atoms with Gasteiger partial charge >= 0.3 is 0 Å². The third-order valence-corrected chi connectivity index (χ3v) is 4.52. The molecule has 0 aromatic carbocycles. The molecular weight excluding hydrogens is 310 g/mol. The summed E-state index contributed by atoms with van der Waals surface area (Å²) in [5, 5.41) is 11.9. The first-order valence-corrected chi connectivity index (χ1v) is 8.85. The second kappa shape index (κ2) is 7.61. The van der Waals surface area contributed by atoms with Crippen LogP contribution in [-0.4, -0.2) is 46.9 Å². The fourth-order valence-corrected chi connectivity index (χ4v) is 3.28. The van der Waals surface area contributed by atoms with Gasteiger partial charge in [-0.25, -0.2) is 4.99 Å². The summed E-state index contributed by atoms with van der Waals surface area (Å²) in [6.07, 6.45) is 3.94. The molecule has 1 fully saturated rings. The summed E-state index contributed by atoms with van der Waals surface area (Å²) in [7, 11) is 1.93. The Hall–Kier alpha value is -1.86. The molecule has 0 amide bonds. The first kappa shape index (κ1) is 16.0. The Morgan fingerprint density at radius 2 is 2.48 bits per heavy atom. The summed E-state index contributed by atoms with van der Waals surface area (Å²) >= 11 is 1.71. The maximum atomic E-state index is 5.91. The number of thiophene rings is 1. The van der Waals surface area contributed by atoms with Crippen LogP contribution in [0.2, 0.25) is 0 Å². The molecule has 1 unspecified atom stereocenters. The average molecular weight is 333 g/mol. The molecule has 0 bridgehead atoms. The van der Waals surface area contributed by atoms with E-state index in [0.29, 0.717) is 13.2 Å². The number of rotatable bonds is 4. The molecule has 1 aliphatic heterocycles. The van der Waals surface area contributed by atoms with Crippen molar-refractivity contribution in [1.29, 1.82) is 0 Å². The van der Waals surface area contributed by atoms with Gasteiger partial charge in [0.05, 0.1) is 25.9 Å². The van der Waals surface area contributed by atoms with Gasteiger partial charge in [-0.1, -0.05) is 0 Å². The van der Waals surface area contributed by atoms with Gasteiger partial charge in [-0.15, -0.1) is 0 Å². The average Bonchev–Trinajstić information content (AvgIpc) is 3.23. The fraction of sp³-hybridized carbons (Fsp3) is 0.500. The second-order valence-corrected chi connectivity index (χ2v) is 6.33. The summed E-state index contributed by atoms with van der Waals surface area (Å²) in [6, 6.07) is 2.12. The van der Waals surface area contributed by atoms with E-state index in [9.17, 15) is 0 Å². The summed E-state index contributed by atoms with van der Waals surface area (Å²) < 4.78 is 7.72. The van der Waals surface area contributed by atoms with Crippen molar-refractivity contribution in [3.05, 3.63) is 40.3 Å². The Bertz CT molecular complexity index is 637. The highest BCUT2D eigenvalue weighted by molar-refractivity contribution is 7.07. The number of nitrogens with zero attached hydrogens (tertiary/aromatic N) is 4. The molecule has 7 heteroatoms. The molecule has 1 N–H and O–H groups in total. The van der Waals surface area contributed by atoms with Crippen molar-refractivity contribution < 1.29 is 4.74 Å². The highest BCUT2D eigenvalue weighted by atomic mass is 32.1. The zero-order valence-electron chi connectivity index (χ0n) is 13.6. The van der Waals surface area contributed by atoms with Crippen LogP contribution in [0.5, 0.6) is 0 Å². The lowest BCUT2D eigenvalue weighted by Gasteiger charge is -2.34. The Morgan fingerprint density at radius 3 is 3.17 bits per heavy atom. The van der Waals surface area contributed by atoms with Crippen LogP contribution in [0.15, 0.2) is 34.2 Å². The number of aliphatic imine (C=N–C) groups is 1. The molecule has 0 aliphatic carbocycles. The van der Waals surface area contributed by atoms with Gasteiger partial charge in [0.2, 0.25) is 0 Å². The van der Waals surface area contributed by atoms with Crippen molar-refractivity contribution in [3.8, 4) is 0 Å². The molecule has 3 rings (SSSR count). The van der Waals surface area contributed by atoms with Gasteiger partial charge in [-0.3, -0.25) is 4.68 Å². The monoisotopic (exact) mass is 333 g/mol. The number of hydrogen-bond acceptors (Lipinski definition) is 4. The molecule has 6 nitrogen and oxygen atoms in total. The van der Waals surface area contributed by atoms with Crippen molar-refractivity contribution in [3.63, 3.8) is 0 Å². The molecule has 2 aromatic rings. The Labute approximate surface area is 140 Å². The van der Waals surface area contributed by atoms with E-state index in [-0.39, 0.29) is 6.10 Å². The lowest BCUT2D eigenvalue weighted by atomic mass is 10.1. The van der Waals surface area contributed by atoms with Crippen LogP contribution >= 0.6 is 11.3 Å². The minimum atomic E-state index is 0.0439. The van der Waals surface area contributed by atoms with Crippen LogP contribution in [0.3, 0.4) is 0 Å². The maximum Gasteiger partial charge on any atom is 0.194 e. The van der Waals surface area contributed by atoms with Gasteiger partial charge in [0.15, 0.2) is 5.96 Å².